The molecule has 1 amide bonds. The molecule has 1 aliphatic carbocycles. The van der Waals surface area contributed by atoms with E-state index in [0.717, 1.165) is 24.8 Å². The first-order chi connectivity index (χ1) is 10.6. The molecule has 1 saturated carbocycles. The zero-order valence-electron chi connectivity index (χ0n) is 12.6. The van der Waals surface area contributed by atoms with Crippen molar-refractivity contribution < 1.29 is 14.7 Å². The highest BCUT2D eigenvalue weighted by molar-refractivity contribution is 5.92. The Kier molecular flexibility index (Phi) is 4.16. The Morgan fingerprint density at radius 2 is 2.05 bits per heavy atom. The van der Waals surface area contributed by atoms with Gasteiger partial charge in [0.1, 0.15) is 6.04 Å². The molecular formula is C17H22N2O3. The molecule has 0 unspecified atom stereocenters. The number of carbonyl (C=O) groups is 2. The first-order valence-electron chi connectivity index (χ1n) is 7.93. The average molecular weight is 302 g/mol. The number of fused-ring (bicyclic) bond motifs is 1. The van der Waals surface area contributed by atoms with Gasteiger partial charge in [0.2, 0.25) is 5.91 Å². The van der Waals surface area contributed by atoms with Crippen LogP contribution in [0.4, 0.5) is 0 Å². The average Bonchev–Trinajstić information content (AvgIpc) is 2.87. The Morgan fingerprint density at radius 3 is 2.77 bits per heavy atom. The molecule has 2 aliphatic rings. The number of hydrogen-bond donors (Lipinski definition) is 2. The molecular weight excluding hydrogens is 280 g/mol. The van der Waals surface area contributed by atoms with E-state index < -0.39 is 17.9 Å². The van der Waals surface area contributed by atoms with Crippen molar-refractivity contribution in [3.63, 3.8) is 0 Å². The second-order valence-electron chi connectivity index (χ2n) is 6.44. The number of nitrogens with zero attached hydrogens (tertiary/aromatic N) is 1. The van der Waals surface area contributed by atoms with Crippen LogP contribution in [0.15, 0.2) is 24.3 Å². The van der Waals surface area contributed by atoms with Gasteiger partial charge < -0.3 is 10.8 Å². The fourth-order valence-corrected chi connectivity index (χ4v) is 4.06. The number of nitrogens with two attached hydrogens (primary N) is 1. The minimum Gasteiger partial charge on any atom is -0.480 e. The van der Waals surface area contributed by atoms with Crippen molar-refractivity contribution in [2.75, 3.05) is 0 Å². The zero-order chi connectivity index (χ0) is 15.7. The van der Waals surface area contributed by atoms with E-state index >= 15 is 0 Å². The molecule has 0 bridgehead atoms. The van der Waals surface area contributed by atoms with Crippen LogP contribution in [0.1, 0.15) is 48.0 Å². The topological polar surface area (TPSA) is 83.6 Å². The van der Waals surface area contributed by atoms with Gasteiger partial charge in [-0.2, -0.15) is 0 Å². The molecule has 0 spiro atoms. The molecule has 5 nitrogen and oxygen atoms in total. The summed E-state index contributed by atoms with van der Waals surface area (Å²) in [5.74, 6) is -0.691. The Labute approximate surface area is 130 Å². The van der Waals surface area contributed by atoms with Gasteiger partial charge >= 0.3 is 5.97 Å². The third kappa shape index (κ3) is 2.86. The number of benzene rings is 1. The van der Waals surface area contributed by atoms with Crippen LogP contribution >= 0.6 is 0 Å². The summed E-state index contributed by atoms with van der Waals surface area (Å²) in [6.07, 6.45) is 5.33. The standard InChI is InChI=1S/C17H22N2O3/c18-16(20)13-6-3-4-11(8-13)10-19-14-7-2-1-5-12(14)9-15(19)17(21)22/h3-4,6,8,12,14-15H,1-2,5,7,9-10H2,(H2,18,20)(H,21,22)/t12-,14-,15+/m1/s1. The highest BCUT2D eigenvalue weighted by Gasteiger charge is 2.44. The lowest BCUT2D eigenvalue weighted by Gasteiger charge is -2.33. The summed E-state index contributed by atoms with van der Waals surface area (Å²) in [5, 5.41) is 9.54. The van der Waals surface area contributed by atoms with Crippen molar-refractivity contribution in [3.05, 3.63) is 35.4 Å². The van der Waals surface area contributed by atoms with Crippen molar-refractivity contribution in [3.8, 4) is 0 Å². The predicted octanol–water partition coefficient (Wildman–Crippen LogP) is 2.00. The van der Waals surface area contributed by atoms with Crippen LogP contribution in [0.3, 0.4) is 0 Å². The van der Waals surface area contributed by atoms with E-state index in [1.165, 1.54) is 12.8 Å². The Morgan fingerprint density at radius 1 is 1.27 bits per heavy atom. The van der Waals surface area contributed by atoms with E-state index in [1.807, 2.05) is 6.07 Å². The smallest absolute Gasteiger partial charge is 0.320 e. The molecule has 3 rings (SSSR count). The van der Waals surface area contributed by atoms with Gasteiger partial charge in [-0.1, -0.05) is 25.0 Å². The number of rotatable bonds is 4. The van der Waals surface area contributed by atoms with Gasteiger partial charge in [-0.15, -0.1) is 0 Å². The van der Waals surface area contributed by atoms with Crippen LogP contribution in [0.25, 0.3) is 0 Å². The fourth-order valence-electron chi connectivity index (χ4n) is 4.06. The van der Waals surface area contributed by atoms with Crippen LogP contribution in [0.2, 0.25) is 0 Å². The van der Waals surface area contributed by atoms with Crippen LogP contribution < -0.4 is 5.73 Å². The third-order valence-corrected chi connectivity index (χ3v) is 5.08. The van der Waals surface area contributed by atoms with Crippen molar-refractivity contribution >= 4 is 11.9 Å². The predicted molar refractivity (Wildman–Crippen MR) is 82.3 cm³/mol. The molecule has 0 radical (unpaired) electrons. The van der Waals surface area contributed by atoms with Gasteiger partial charge in [0.25, 0.3) is 0 Å². The number of hydrogen-bond acceptors (Lipinski definition) is 3. The fraction of sp³-hybridized carbons (Fsp3) is 0.529. The molecule has 1 saturated heterocycles. The maximum absolute atomic E-state index is 11.6. The molecule has 3 atom stereocenters. The number of primary amides is 1. The maximum atomic E-state index is 11.6. The summed E-state index contributed by atoms with van der Waals surface area (Å²) in [6, 6.07) is 7.14. The van der Waals surface area contributed by atoms with Crippen molar-refractivity contribution in [2.24, 2.45) is 11.7 Å². The molecule has 2 fully saturated rings. The van der Waals surface area contributed by atoms with E-state index in [2.05, 4.69) is 4.90 Å². The molecule has 1 aromatic rings. The number of aliphatic carboxylic acids is 1. The molecule has 5 heteroatoms. The van der Waals surface area contributed by atoms with Crippen molar-refractivity contribution in [1.82, 2.24) is 4.90 Å². The third-order valence-electron chi connectivity index (χ3n) is 5.08. The summed E-state index contributed by atoms with van der Waals surface area (Å²) in [7, 11) is 0. The van der Waals surface area contributed by atoms with Gasteiger partial charge in [0, 0.05) is 18.2 Å². The summed E-state index contributed by atoms with van der Waals surface area (Å²) < 4.78 is 0. The second kappa shape index (κ2) is 6.08. The molecule has 3 N–H and O–H groups in total. The van der Waals surface area contributed by atoms with E-state index in [1.54, 1.807) is 18.2 Å². The SMILES string of the molecule is NC(=O)c1cccc(CN2[C@@H]3CCCC[C@@H]3C[C@H]2C(=O)O)c1. The number of carboxylic acids is 1. The van der Waals surface area contributed by atoms with Crippen LogP contribution in [0.5, 0.6) is 0 Å². The van der Waals surface area contributed by atoms with Gasteiger partial charge in [-0.25, -0.2) is 0 Å². The summed E-state index contributed by atoms with van der Waals surface area (Å²) in [6.45, 7) is 0.569. The minimum atomic E-state index is -0.736. The highest BCUT2D eigenvalue weighted by atomic mass is 16.4. The lowest BCUT2D eigenvalue weighted by molar-refractivity contribution is -0.142. The van der Waals surface area contributed by atoms with E-state index in [-0.39, 0.29) is 0 Å². The van der Waals surface area contributed by atoms with E-state index in [9.17, 15) is 14.7 Å². The molecule has 22 heavy (non-hydrogen) atoms. The van der Waals surface area contributed by atoms with Crippen LogP contribution in [-0.2, 0) is 11.3 Å². The number of amides is 1. The van der Waals surface area contributed by atoms with Crippen molar-refractivity contribution in [1.29, 1.82) is 0 Å². The first-order valence-corrected chi connectivity index (χ1v) is 7.93. The van der Waals surface area contributed by atoms with Crippen molar-refractivity contribution in [2.45, 2.75) is 50.7 Å². The monoisotopic (exact) mass is 302 g/mol. The van der Waals surface area contributed by atoms with Crippen LogP contribution in [-0.4, -0.2) is 34.0 Å². The van der Waals surface area contributed by atoms with Gasteiger partial charge in [0.05, 0.1) is 0 Å². The number of carboxylic acid groups (broad SMARTS) is 1. The molecule has 0 aromatic heterocycles. The van der Waals surface area contributed by atoms with E-state index in [0.29, 0.717) is 24.1 Å². The summed E-state index contributed by atoms with van der Waals surface area (Å²) in [4.78, 5) is 25.0. The largest absolute Gasteiger partial charge is 0.480 e. The minimum absolute atomic E-state index is 0.354. The normalized spacial score (nSPS) is 28.3. The number of likely N-dealkylation sites (tertiary alicyclic amines) is 1. The quantitative estimate of drug-likeness (QED) is 0.891. The Bertz CT molecular complexity index is 587. The summed E-state index contributed by atoms with van der Waals surface area (Å²) in [5.41, 5.74) is 6.75. The zero-order valence-corrected chi connectivity index (χ0v) is 12.6. The number of carbonyl (C=O) groups excluding carboxylic acids is 1. The Hall–Kier alpha value is -1.88. The summed E-state index contributed by atoms with van der Waals surface area (Å²) >= 11 is 0. The lowest BCUT2D eigenvalue weighted by Crippen LogP contribution is -2.41. The molecule has 1 aromatic carbocycles. The lowest BCUT2D eigenvalue weighted by atomic mass is 9.84. The van der Waals surface area contributed by atoms with Gasteiger partial charge in [0.15, 0.2) is 0 Å². The Balaban J connectivity index is 1.83. The van der Waals surface area contributed by atoms with E-state index in [4.69, 9.17) is 5.73 Å². The van der Waals surface area contributed by atoms with Crippen LogP contribution in [0, 0.1) is 5.92 Å². The van der Waals surface area contributed by atoms with Gasteiger partial charge in [-0.05, 0) is 42.9 Å². The molecule has 1 heterocycles. The first kappa shape index (κ1) is 15.0. The maximum Gasteiger partial charge on any atom is 0.320 e. The molecule has 1 aliphatic heterocycles. The van der Waals surface area contributed by atoms with Gasteiger partial charge in [-0.3, -0.25) is 14.5 Å². The molecule has 118 valence electrons. The second-order valence-corrected chi connectivity index (χ2v) is 6.44. The highest BCUT2D eigenvalue weighted by Crippen LogP contribution is 2.40.